The molecule has 0 fully saturated rings. The maximum Gasteiger partial charge on any atom is 0.331 e. The average molecular weight is 221 g/mol. The van der Waals surface area contributed by atoms with Crippen molar-refractivity contribution in [1.29, 1.82) is 0 Å². The van der Waals surface area contributed by atoms with E-state index < -0.39 is 5.97 Å². The zero-order valence-electron chi connectivity index (χ0n) is 7.02. The minimum Gasteiger partial charge on any atom is -0.478 e. The first-order chi connectivity index (χ1) is 4.89. The van der Waals surface area contributed by atoms with Gasteiger partial charge in [0.1, 0.15) is 0 Å². The lowest BCUT2D eigenvalue weighted by Gasteiger charge is -2.18. The fraction of sp³-hybridized carbons (Fsp3) is 0.625. The maximum atomic E-state index is 10.6. The van der Waals surface area contributed by atoms with E-state index in [4.69, 9.17) is 5.11 Å². The van der Waals surface area contributed by atoms with Gasteiger partial charge in [0, 0.05) is 10.9 Å². The number of allylic oxidation sites excluding steroid dienone is 1. The van der Waals surface area contributed by atoms with Gasteiger partial charge in [-0.1, -0.05) is 42.8 Å². The van der Waals surface area contributed by atoms with Crippen LogP contribution in [0.25, 0.3) is 0 Å². The third-order valence-electron chi connectivity index (χ3n) is 1.32. The van der Waals surface area contributed by atoms with Crippen molar-refractivity contribution in [2.45, 2.75) is 20.8 Å². The van der Waals surface area contributed by atoms with E-state index in [0.717, 1.165) is 0 Å². The molecule has 0 heterocycles. The lowest BCUT2D eigenvalue weighted by atomic mass is 9.86. The number of rotatable bonds is 2. The van der Waals surface area contributed by atoms with Gasteiger partial charge in [0.05, 0.1) is 0 Å². The van der Waals surface area contributed by atoms with Gasteiger partial charge < -0.3 is 5.11 Å². The van der Waals surface area contributed by atoms with E-state index >= 15 is 0 Å². The van der Waals surface area contributed by atoms with Crippen LogP contribution in [0.4, 0.5) is 0 Å². The molecule has 11 heavy (non-hydrogen) atoms. The average Bonchev–Trinajstić information content (AvgIpc) is 1.79. The molecule has 0 aliphatic rings. The number of halogens is 1. The SMILES string of the molecule is CC(C)(C)/C(=C\CBr)C(=O)O. The summed E-state index contributed by atoms with van der Waals surface area (Å²) in [5, 5.41) is 9.34. The Kier molecular flexibility index (Phi) is 3.79. The second kappa shape index (κ2) is 3.90. The molecule has 0 atom stereocenters. The molecule has 0 rings (SSSR count). The maximum absolute atomic E-state index is 10.6. The molecule has 0 saturated carbocycles. The van der Waals surface area contributed by atoms with Crippen molar-refractivity contribution in [2.24, 2.45) is 5.41 Å². The third kappa shape index (κ3) is 3.56. The second-order valence-corrected chi connectivity index (χ2v) is 3.97. The van der Waals surface area contributed by atoms with Gasteiger partial charge >= 0.3 is 5.97 Å². The Hall–Kier alpha value is -0.310. The van der Waals surface area contributed by atoms with E-state index in [-0.39, 0.29) is 5.41 Å². The lowest BCUT2D eigenvalue weighted by Crippen LogP contribution is -2.17. The molecule has 0 spiro atoms. The van der Waals surface area contributed by atoms with E-state index in [1.807, 2.05) is 20.8 Å². The highest BCUT2D eigenvalue weighted by atomic mass is 79.9. The standard InChI is InChI=1S/C8H13BrO2/c1-8(2,3)6(4-5-9)7(10)11/h4H,5H2,1-3H3,(H,10,11)/b6-4-. The van der Waals surface area contributed by atoms with E-state index in [1.54, 1.807) is 6.08 Å². The minimum atomic E-state index is -0.836. The van der Waals surface area contributed by atoms with E-state index in [0.29, 0.717) is 10.9 Å². The number of carboxylic acids is 1. The number of aliphatic carboxylic acids is 1. The van der Waals surface area contributed by atoms with Crippen molar-refractivity contribution in [1.82, 2.24) is 0 Å². The molecular weight excluding hydrogens is 208 g/mol. The number of hydrogen-bond acceptors (Lipinski definition) is 1. The highest BCUT2D eigenvalue weighted by Gasteiger charge is 2.22. The van der Waals surface area contributed by atoms with Crippen molar-refractivity contribution >= 4 is 21.9 Å². The van der Waals surface area contributed by atoms with Gasteiger partial charge in [-0.3, -0.25) is 0 Å². The van der Waals surface area contributed by atoms with Crippen LogP contribution in [0.1, 0.15) is 20.8 Å². The fourth-order valence-electron chi connectivity index (χ4n) is 0.791. The van der Waals surface area contributed by atoms with E-state index in [2.05, 4.69) is 15.9 Å². The Labute approximate surface area is 75.4 Å². The van der Waals surface area contributed by atoms with Gasteiger partial charge in [-0.15, -0.1) is 0 Å². The number of carboxylic acid groups (broad SMARTS) is 1. The zero-order valence-corrected chi connectivity index (χ0v) is 8.60. The van der Waals surface area contributed by atoms with Crippen LogP contribution < -0.4 is 0 Å². The van der Waals surface area contributed by atoms with Crippen molar-refractivity contribution < 1.29 is 9.90 Å². The molecule has 0 radical (unpaired) electrons. The summed E-state index contributed by atoms with van der Waals surface area (Å²) in [6, 6.07) is 0. The first-order valence-corrected chi connectivity index (χ1v) is 4.51. The summed E-state index contributed by atoms with van der Waals surface area (Å²) in [4.78, 5) is 10.6. The third-order valence-corrected chi connectivity index (χ3v) is 1.64. The second-order valence-electron chi connectivity index (χ2n) is 3.33. The van der Waals surface area contributed by atoms with Crippen molar-refractivity contribution in [3.05, 3.63) is 11.6 Å². The monoisotopic (exact) mass is 220 g/mol. The summed E-state index contributed by atoms with van der Waals surface area (Å²) in [7, 11) is 0. The zero-order chi connectivity index (χ0) is 9.07. The van der Waals surface area contributed by atoms with Crippen LogP contribution in [0, 0.1) is 5.41 Å². The molecule has 0 aliphatic carbocycles. The summed E-state index contributed by atoms with van der Waals surface area (Å²) < 4.78 is 0. The molecule has 0 aliphatic heterocycles. The molecule has 0 aromatic heterocycles. The predicted molar refractivity (Wildman–Crippen MR) is 49.0 cm³/mol. The smallest absolute Gasteiger partial charge is 0.331 e. The molecule has 3 heteroatoms. The Morgan fingerprint density at radius 3 is 2.09 bits per heavy atom. The molecule has 0 saturated heterocycles. The molecule has 1 N–H and O–H groups in total. The number of carbonyl (C=O) groups is 1. The Balaban J connectivity index is 4.63. The highest BCUT2D eigenvalue weighted by molar-refractivity contribution is 9.09. The van der Waals surface area contributed by atoms with Crippen molar-refractivity contribution in [2.75, 3.05) is 5.33 Å². The molecule has 0 aromatic carbocycles. The summed E-state index contributed by atoms with van der Waals surface area (Å²) in [6.45, 7) is 5.65. The summed E-state index contributed by atoms with van der Waals surface area (Å²) in [5.41, 5.74) is 0.175. The first-order valence-electron chi connectivity index (χ1n) is 3.39. The van der Waals surface area contributed by atoms with Gasteiger partial charge in [0.25, 0.3) is 0 Å². The van der Waals surface area contributed by atoms with Crippen molar-refractivity contribution in [3.63, 3.8) is 0 Å². The molecule has 0 unspecified atom stereocenters. The predicted octanol–water partition coefficient (Wildman–Crippen LogP) is 2.44. The Morgan fingerprint density at radius 2 is 2.00 bits per heavy atom. The van der Waals surface area contributed by atoms with Crippen LogP contribution in [0.3, 0.4) is 0 Å². The van der Waals surface area contributed by atoms with Crippen LogP contribution in [-0.2, 0) is 4.79 Å². The molecule has 0 bridgehead atoms. The summed E-state index contributed by atoms with van der Waals surface area (Å²) >= 11 is 3.17. The first kappa shape index (κ1) is 10.7. The quantitative estimate of drug-likeness (QED) is 0.574. The van der Waals surface area contributed by atoms with E-state index in [1.165, 1.54) is 0 Å². The highest BCUT2D eigenvalue weighted by Crippen LogP contribution is 2.25. The molecule has 0 amide bonds. The van der Waals surface area contributed by atoms with Gasteiger partial charge in [-0.25, -0.2) is 4.79 Å². The van der Waals surface area contributed by atoms with Crippen molar-refractivity contribution in [3.8, 4) is 0 Å². The normalized spacial score (nSPS) is 13.3. The Morgan fingerprint density at radius 1 is 1.55 bits per heavy atom. The van der Waals surface area contributed by atoms with Crippen LogP contribution in [-0.4, -0.2) is 16.4 Å². The van der Waals surface area contributed by atoms with Gasteiger partial charge in [-0.05, 0) is 5.41 Å². The van der Waals surface area contributed by atoms with Gasteiger partial charge in [0.15, 0.2) is 0 Å². The minimum absolute atomic E-state index is 0.278. The topological polar surface area (TPSA) is 37.3 Å². The molecule has 0 aromatic rings. The van der Waals surface area contributed by atoms with Gasteiger partial charge in [-0.2, -0.15) is 0 Å². The molecular formula is C8H13BrO2. The fourth-order valence-corrected chi connectivity index (χ4v) is 1.12. The Bertz CT molecular complexity index is 177. The summed E-state index contributed by atoms with van der Waals surface area (Å²) in [5.74, 6) is -0.836. The largest absolute Gasteiger partial charge is 0.478 e. The molecule has 64 valence electrons. The van der Waals surface area contributed by atoms with Crippen LogP contribution in [0.2, 0.25) is 0 Å². The van der Waals surface area contributed by atoms with Gasteiger partial charge in [0.2, 0.25) is 0 Å². The number of hydrogen-bond donors (Lipinski definition) is 1. The number of alkyl halides is 1. The van der Waals surface area contributed by atoms with Crippen LogP contribution >= 0.6 is 15.9 Å². The van der Waals surface area contributed by atoms with Crippen LogP contribution in [0.5, 0.6) is 0 Å². The lowest BCUT2D eigenvalue weighted by molar-refractivity contribution is -0.133. The summed E-state index contributed by atoms with van der Waals surface area (Å²) in [6.07, 6.45) is 1.68. The van der Waals surface area contributed by atoms with Crippen LogP contribution in [0.15, 0.2) is 11.6 Å². The molecule has 2 nitrogen and oxygen atoms in total. The van der Waals surface area contributed by atoms with E-state index in [9.17, 15) is 4.79 Å².